The average Bonchev–Trinajstić information content (AvgIpc) is 2.53. The Labute approximate surface area is 119 Å². The van der Waals surface area contributed by atoms with Crippen LogP contribution in [0.5, 0.6) is 0 Å². The quantitative estimate of drug-likeness (QED) is 0.721. The molecular formula is C14H20Cl2O2. The average molecular weight is 291 g/mol. The van der Waals surface area contributed by atoms with Gasteiger partial charge in [-0.05, 0) is 43.9 Å². The molecule has 2 nitrogen and oxygen atoms in total. The smallest absolute Gasteiger partial charge is 0.227 e. The predicted octanol–water partition coefficient (Wildman–Crippen LogP) is 4.26. The van der Waals surface area contributed by atoms with Gasteiger partial charge in [-0.25, -0.2) is 0 Å². The van der Waals surface area contributed by atoms with Crippen molar-refractivity contribution < 1.29 is 9.47 Å². The zero-order valence-corrected chi connectivity index (χ0v) is 12.1. The van der Waals surface area contributed by atoms with E-state index in [1.165, 1.54) is 12.8 Å². The summed E-state index contributed by atoms with van der Waals surface area (Å²) in [6, 6.07) is 0. The van der Waals surface area contributed by atoms with Gasteiger partial charge in [0.1, 0.15) is 4.33 Å². The molecule has 0 aromatic rings. The van der Waals surface area contributed by atoms with Gasteiger partial charge in [-0.1, -0.05) is 13.3 Å². The Balaban J connectivity index is 1.65. The molecule has 5 aliphatic rings. The summed E-state index contributed by atoms with van der Waals surface area (Å²) >= 11 is 12.5. The summed E-state index contributed by atoms with van der Waals surface area (Å²) in [5.74, 6) is 1.34. The Hall–Kier alpha value is 0.500. The zero-order chi connectivity index (χ0) is 12.8. The van der Waals surface area contributed by atoms with E-state index < -0.39 is 4.33 Å². The van der Waals surface area contributed by atoms with Gasteiger partial charge >= 0.3 is 0 Å². The third kappa shape index (κ3) is 2.67. The Morgan fingerprint density at radius 2 is 1.67 bits per heavy atom. The highest BCUT2D eigenvalue weighted by Gasteiger charge is 2.49. The number of hydrogen-bond acceptors (Lipinski definition) is 2. The Kier molecular flexibility index (Phi) is 3.84. The molecule has 2 aliphatic heterocycles. The van der Waals surface area contributed by atoms with Crippen molar-refractivity contribution in [3.05, 3.63) is 13.2 Å². The largest absolute Gasteiger partial charge is 0.342 e. The molecule has 4 bridgehead atoms. The summed E-state index contributed by atoms with van der Waals surface area (Å²) < 4.78 is 11.2. The third-order valence-electron chi connectivity index (χ3n) is 4.54. The van der Waals surface area contributed by atoms with E-state index in [2.05, 4.69) is 6.92 Å². The fraction of sp³-hybridized carbons (Fsp3) is 0.857. The molecule has 3 saturated carbocycles. The van der Waals surface area contributed by atoms with Crippen molar-refractivity contribution in [2.75, 3.05) is 0 Å². The van der Waals surface area contributed by atoms with Crippen molar-refractivity contribution in [1.29, 1.82) is 0 Å². The van der Waals surface area contributed by atoms with E-state index in [0.717, 1.165) is 19.3 Å². The molecule has 5 fully saturated rings. The molecule has 2 heterocycles. The van der Waals surface area contributed by atoms with Gasteiger partial charge in [0, 0.05) is 6.42 Å². The topological polar surface area (TPSA) is 18.5 Å². The Bertz CT molecular complexity index is 288. The fourth-order valence-corrected chi connectivity index (χ4v) is 4.10. The molecule has 0 spiro atoms. The van der Waals surface area contributed by atoms with Crippen LogP contribution in [0.1, 0.15) is 44.9 Å². The van der Waals surface area contributed by atoms with Crippen molar-refractivity contribution in [3.63, 3.8) is 0 Å². The molecular weight excluding hydrogens is 271 g/mol. The molecule has 0 amide bonds. The first-order valence-corrected chi connectivity index (χ1v) is 7.69. The highest BCUT2D eigenvalue weighted by Crippen LogP contribution is 2.50. The second kappa shape index (κ2) is 5.12. The van der Waals surface area contributed by atoms with Crippen LogP contribution >= 0.6 is 23.2 Å². The predicted molar refractivity (Wildman–Crippen MR) is 72.1 cm³/mol. The SMILES string of the molecule is [CH2]CCC(Cl)(Cl)C[C]1OC2CC3CCC2CC3O1. The first-order valence-electron chi connectivity index (χ1n) is 6.93. The van der Waals surface area contributed by atoms with Crippen LogP contribution in [-0.2, 0) is 9.47 Å². The van der Waals surface area contributed by atoms with Crippen LogP contribution in [0.25, 0.3) is 0 Å². The van der Waals surface area contributed by atoms with Crippen molar-refractivity contribution in [2.24, 2.45) is 11.8 Å². The van der Waals surface area contributed by atoms with Crippen LogP contribution in [0.4, 0.5) is 0 Å². The minimum atomic E-state index is -0.806. The minimum absolute atomic E-state index is 0.335. The monoisotopic (exact) mass is 290 g/mol. The summed E-state index contributed by atoms with van der Waals surface area (Å²) in [5.41, 5.74) is 0. The number of rotatable bonds is 4. The molecule has 3 aliphatic carbocycles. The second-order valence-electron chi connectivity index (χ2n) is 5.89. The minimum Gasteiger partial charge on any atom is -0.342 e. The molecule has 2 radical (unpaired) electrons. The summed E-state index contributed by atoms with van der Waals surface area (Å²) in [6.07, 6.45) is 8.04. The van der Waals surface area contributed by atoms with Gasteiger partial charge in [0.2, 0.25) is 6.29 Å². The molecule has 102 valence electrons. The highest BCUT2D eigenvalue weighted by atomic mass is 35.5. The van der Waals surface area contributed by atoms with Gasteiger partial charge in [-0.15, -0.1) is 23.2 Å². The number of alkyl halides is 2. The zero-order valence-electron chi connectivity index (χ0n) is 10.5. The molecule has 4 heteroatoms. The molecule has 5 rings (SSSR count). The lowest BCUT2D eigenvalue weighted by Gasteiger charge is -2.42. The van der Waals surface area contributed by atoms with Crippen molar-refractivity contribution in [3.8, 4) is 0 Å². The van der Waals surface area contributed by atoms with Crippen LogP contribution in [-0.4, -0.2) is 16.5 Å². The number of fused-ring (bicyclic) bond motifs is 3. The maximum absolute atomic E-state index is 6.27. The van der Waals surface area contributed by atoms with E-state index in [1.54, 1.807) is 0 Å². The maximum atomic E-state index is 6.27. The number of hydrogen-bond donors (Lipinski definition) is 0. The number of halogens is 2. The Morgan fingerprint density at radius 3 is 2.11 bits per heavy atom. The van der Waals surface area contributed by atoms with Crippen molar-refractivity contribution >= 4 is 23.2 Å². The van der Waals surface area contributed by atoms with Gasteiger partial charge in [-0.3, -0.25) is 0 Å². The van der Waals surface area contributed by atoms with Crippen molar-refractivity contribution in [2.45, 2.75) is 61.5 Å². The van der Waals surface area contributed by atoms with Gasteiger partial charge in [0.25, 0.3) is 0 Å². The third-order valence-corrected chi connectivity index (χ3v) is 5.19. The second-order valence-corrected chi connectivity index (χ2v) is 7.53. The van der Waals surface area contributed by atoms with Crippen LogP contribution in [0.2, 0.25) is 0 Å². The maximum Gasteiger partial charge on any atom is 0.227 e. The fourth-order valence-electron chi connectivity index (χ4n) is 3.62. The summed E-state index contributed by atoms with van der Waals surface area (Å²) in [4.78, 5) is 0. The van der Waals surface area contributed by atoms with E-state index >= 15 is 0 Å². The Morgan fingerprint density at radius 1 is 1.11 bits per heavy atom. The standard InChI is InChI=1S/C14H20Cl2O2/c1-2-5-14(15,16)8-13-17-11-7-10-4-3-9(11)6-12(10)18-13/h9-12H,1-8H2. The molecule has 4 unspecified atom stereocenters. The summed E-state index contributed by atoms with van der Waals surface area (Å²) in [5, 5.41) is 0. The van der Waals surface area contributed by atoms with E-state index in [0.29, 0.717) is 43.2 Å². The molecule has 0 N–H and O–H groups in total. The first-order chi connectivity index (χ1) is 8.57. The van der Waals surface area contributed by atoms with Gasteiger partial charge in [0.05, 0.1) is 12.2 Å². The summed E-state index contributed by atoms with van der Waals surface area (Å²) in [7, 11) is 0. The lowest BCUT2D eigenvalue weighted by Crippen LogP contribution is -2.42. The van der Waals surface area contributed by atoms with Gasteiger partial charge in [0.15, 0.2) is 0 Å². The first kappa shape index (κ1) is 13.5. The summed E-state index contributed by atoms with van der Waals surface area (Å²) in [6.45, 7) is 3.80. The van der Waals surface area contributed by atoms with Crippen LogP contribution in [0.3, 0.4) is 0 Å². The molecule has 0 aromatic carbocycles. The normalized spacial score (nSPS) is 40.2. The van der Waals surface area contributed by atoms with E-state index in [9.17, 15) is 0 Å². The lowest BCUT2D eigenvalue weighted by molar-refractivity contribution is -0.0716. The van der Waals surface area contributed by atoms with Crippen LogP contribution in [0, 0.1) is 25.0 Å². The van der Waals surface area contributed by atoms with Crippen molar-refractivity contribution in [1.82, 2.24) is 0 Å². The highest BCUT2D eigenvalue weighted by molar-refractivity contribution is 6.48. The van der Waals surface area contributed by atoms with Crippen LogP contribution < -0.4 is 0 Å². The van der Waals surface area contributed by atoms with E-state index in [-0.39, 0.29) is 0 Å². The van der Waals surface area contributed by atoms with Gasteiger partial charge in [-0.2, -0.15) is 0 Å². The van der Waals surface area contributed by atoms with Gasteiger partial charge < -0.3 is 9.47 Å². The molecule has 4 atom stereocenters. The molecule has 18 heavy (non-hydrogen) atoms. The molecule has 0 aromatic heterocycles. The van der Waals surface area contributed by atoms with Crippen LogP contribution in [0.15, 0.2) is 0 Å². The lowest BCUT2D eigenvalue weighted by atomic mass is 9.67. The van der Waals surface area contributed by atoms with E-state index in [1.807, 2.05) is 0 Å². The molecule has 2 saturated heterocycles. The van der Waals surface area contributed by atoms with E-state index in [4.69, 9.17) is 32.7 Å². The number of ether oxygens (including phenoxy) is 2.